The molecule has 0 aromatic heterocycles. The summed E-state index contributed by atoms with van der Waals surface area (Å²) in [5, 5.41) is 20.8. The van der Waals surface area contributed by atoms with Crippen LogP contribution in [0.2, 0.25) is 0 Å². The normalized spacial score (nSPS) is 18.3. The van der Waals surface area contributed by atoms with Crippen LogP contribution in [0.4, 0.5) is 0 Å². The van der Waals surface area contributed by atoms with E-state index in [0.29, 0.717) is 23.5 Å². The highest BCUT2D eigenvalue weighted by Crippen LogP contribution is 2.40. The van der Waals surface area contributed by atoms with Crippen LogP contribution in [0.15, 0.2) is 54.1 Å². The molecule has 0 unspecified atom stereocenters. The van der Waals surface area contributed by atoms with Crippen LogP contribution in [0.3, 0.4) is 0 Å². The molecule has 1 atom stereocenters. The molecule has 7 heteroatoms. The van der Waals surface area contributed by atoms with E-state index in [4.69, 9.17) is 9.47 Å². The summed E-state index contributed by atoms with van der Waals surface area (Å²) in [7, 11) is 1.50. The number of Topliss-reactive ketones (excluding diaryl/α,β-unsaturated/α-hetero) is 1. The Bertz CT molecular complexity index is 935. The van der Waals surface area contributed by atoms with E-state index in [9.17, 15) is 19.8 Å². The van der Waals surface area contributed by atoms with E-state index in [0.717, 1.165) is 0 Å². The van der Waals surface area contributed by atoms with Gasteiger partial charge in [-0.1, -0.05) is 12.1 Å². The van der Waals surface area contributed by atoms with Gasteiger partial charge in [-0.15, -0.1) is 0 Å². The van der Waals surface area contributed by atoms with Gasteiger partial charge in [0.1, 0.15) is 17.3 Å². The molecule has 152 valence electrons. The first kappa shape index (κ1) is 20.4. The highest BCUT2D eigenvalue weighted by molar-refractivity contribution is 6.46. The third-order valence-electron chi connectivity index (χ3n) is 4.70. The van der Waals surface area contributed by atoms with Gasteiger partial charge in [0.15, 0.2) is 0 Å². The van der Waals surface area contributed by atoms with E-state index < -0.39 is 17.7 Å². The van der Waals surface area contributed by atoms with Gasteiger partial charge in [0.25, 0.3) is 11.7 Å². The number of nitrogens with zero attached hydrogens (tertiary/aromatic N) is 1. The first-order valence-corrected chi connectivity index (χ1v) is 9.27. The Hall–Kier alpha value is -3.32. The molecule has 1 saturated heterocycles. The van der Waals surface area contributed by atoms with E-state index in [1.807, 2.05) is 6.92 Å². The van der Waals surface area contributed by atoms with E-state index >= 15 is 0 Å². The van der Waals surface area contributed by atoms with E-state index in [2.05, 4.69) is 0 Å². The molecule has 0 radical (unpaired) electrons. The molecule has 0 spiro atoms. The molecule has 1 aliphatic rings. The van der Waals surface area contributed by atoms with Gasteiger partial charge >= 0.3 is 0 Å². The zero-order valence-corrected chi connectivity index (χ0v) is 16.3. The van der Waals surface area contributed by atoms with Crippen molar-refractivity contribution in [2.75, 3.05) is 26.9 Å². The molecule has 29 heavy (non-hydrogen) atoms. The standard InChI is InChI=1S/C22H23NO6/c1-3-29-17-9-7-14(8-10-17)20(25)18-19(15-5-4-6-16(24)13-15)23(11-12-28-2)22(27)21(18)26/h4-10,13,19,24-25H,3,11-12H2,1-2H3/t19-/m1/s1. The maximum Gasteiger partial charge on any atom is 0.295 e. The summed E-state index contributed by atoms with van der Waals surface area (Å²) in [4.78, 5) is 26.8. The lowest BCUT2D eigenvalue weighted by atomic mass is 9.95. The second kappa shape index (κ2) is 8.79. The Balaban J connectivity index is 2.10. The lowest BCUT2D eigenvalue weighted by Gasteiger charge is -2.25. The predicted octanol–water partition coefficient (Wildman–Crippen LogP) is 2.86. The summed E-state index contributed by atoms with van der Waals surface area (Å²) in [6.45, 7) is 2.77. The van der Waals surface area contributed by atoms with Crippen LogP contribution in [0, 0.1) is 0 Å². The maximum atomic E-state index is 12.8. The number of methoxy groups -OCH3 is 1. The number of likely N-dealkylation sites (tertiary alicyclic amines) is 1. The summed E-state index contributed by atoms with van der Waals surface area (Å²) in [5.74, 6) is -1.14. The average molecular weight is 397 g/mol. The molecule has 7 nitrogen and oxygen atoms in total. The maximum absolute atomic E-state index is 12.8. The molecule has 3 rings (SSSR count). The van der Waals surface area contributed by atoms with Crippen LogP contribution in [-0.2, 0) is 14.3 Å². The number of aromatic hydroxyl groups is 1. The van der Waals surface area contributed by atoms with Crippen molar-refractivity contribution < 1.29 is 29.3 Å². The van der Waals surface area contributed by atoms with E-state index in [1.165, 1.54) is 24.1 Å². The number of phenols is 1. The molecular weight excluding hydrogens is 374 g/mol. The van der Waals surface area contributed by atoms with Crippen molar-refractivity contribution in [3.05, 3.63) is 65.2 Å². The number of ketones is 1. The fraction of sp³-hybridized carbons (Fsp3) is 0.273. The quantitative estimate of drug-likeness (QED) is 0.424. The lowest BCUT2D eigenvalue weighted by Crippen LogP contribution is -2.32. The van der Waals surface area contributed by atoms with Crippen LogP contribution >= 0.6 is 0 Å². The average Bonchev–Trinajstić information content (AvgIpc) is 2.97. The number of rotatable bonds is 7. The number of ether oxygens (including phenoxy) is 2. The minimum atomic E-state index is -0.830. The van der Waals surface area contributed by atoms with Crippen molar-refractivity contribution in [1.29, 1.82) is 0 Å². The number of aliphatic hydroxyl groups excluding tert-OH is 1. The van der Waals surface area contributed by atoms with Gasteiger partial charge in [-0.2, -0.15) is 0 Å². The van der Waals surface area contributed by atoms with Crippen molar-refractivity contribution in [2.45, 2.75) is 13.0 Å². The second-order valence-electron chi connectivity index (χ2n) is 6.54. The largest absolute Gasteiger partial charge is 0.508 e. The summed E-state index contributed by atoms with van der Waals surface area (Å²) in [6, 6.07) is 12.1. The molecule has 1 amide bonds. The fourth-order valence-corrected chi connectivity index (χ4v) is 3.37. The smallest absolute Gasteiger partial charge is 0.295 e. The number of benzene rings is 2. The van der Waals surface area contributed by atoms with Gasteiger partial charge < -0.3 is 24.6 Å². The van der Waals surface area contributed by atoms with Crippen molar-refractivity contribution in [3.63, 3.8) is 0 Å². The van der Waals surface area contributed by atoms with Crippen LogP contribution in [0.1, 0.15) is 24.1 Å². The topological polar surface area (TPSA) is 96.3 Å². The zero-order chi connectivity index (χ0) is 21.0. The second-order valence-corrected chi connectivity index (χ2v) is 6.54. The lowest BCUT2D eigenvalue weighted by molar-refractivity contribution is -0.140. The number of amides is 1. The molecule has 1 heterocycles. The molecule has 1 aliphatic heterocycles. The Morgan fingerprint density at radius 2 is 1.86 bits per heavy atom. The first-order valence-electron chi connectivity index (χ1n) is 9.27. The van der Waals surface area contributed by atoms with Gasteiger partial charge in [0, 0.05) is 19.2 Å². The monoisotopic (exact) mass is 397 g/mol. The Morgan fingerprint density at radius 3 is 2.48 bits per heavy atom. The fourth-order valence-electron chi connectivity index (χ4n) is 3.37. The molecule has 0 bridgehead atoms. The van der Waals surface area contributed by atoms with Crippen LogP contribution in [0.5, 0.6) is 11.5 Å². The van der Waals surface area contributed by atoms with Crippen molar-refractivity contribution in [2.24, 2.45) is 0 Å². The van der Waals surface area contributed by atoms with Gasteiger partial charge in [-0.25, -0.2) is 0 Å². The first-order chi connectivity index (χ1) is 14.0. The van der Waals surface area contributed by atoms with Crippen molar-refractivity contribution in [1.82, 2.24) is 4.90 Å². The minimum absolute atomic E-state index is 0.000830. The van der Waals surface area contributed by atoms with E-state index in [-0.39, 0.29) is 30.2 Å². The molecule has 2 aromatic carbocycles. The number of hydrogen-bond acceptors (Lipinski definition) is 6. The number of phenolic OH excluding ortho intramolecular Hbond substituents is 1. The Morgan fingerprint density at radius 1 is 1.14 bits per heavy atom. The third kappa shape index (κ3) is 4.09. The highest BCUT2D eigenvalue weighted by atomic mass is 16.5. The summed E-state index contributed by atoms with van der Waals surface area (Å²) in [5.41, 5.74) is 0.886. The zero-order valence-electron chi connectivity index (χ0n) is 16.3. The number of hydrogen-bond donors (Lipinski definition) is 2. The summed E-state index contributed by atoms with van der Waals surface area (Å²) in [6.07, 6.45) is 0. The van der Waals surface area contributed by atoms with Gasteiger partial charge in [-0.3, -0.25) is 9.59 Å². The molecule has 0 aliphatic carbocycles. The third-order valence-corrected chi connectivity index (χ3v) is 4.70. The Labute approximate surface area is 168 Å². The molecule has 1 fully saturated rings. The number of carbonyl (C=O) groups excluding carboxylic acids is 2. The number of carbonyl (C=O) groups is 2. The van der Waals surface area contributed by atoms with Gasteiger partial charge in [0.05, 0.1) is 24.8 Å². The van der Waals surface area contributed by atoms with Crippen LogP contribution in [0.25, 0.3) is 5.76 Å². The van der Waals surface area contributed by atoms with Crippen molar-refractivity contribution >= 4 is 17.4 Å². The van der Waals surface area contributed by atoms with Gasteiger partial charge in [0.2, 0.25) is 0 Å². The predicted molar refractivity (Wildman–Crippen MR) is 107 cm³/mol. The molecule has 0 saturated carbocycles. The number of aliphatic hydroxyl groups is 1. The molecule has 2 aromatic rings. The SMILES string of the molecule is CCOc1ccc(C(O)=C2C(=O)C(=O)N(CCOC)[C@@H]2c2cccc(O)c2)cc1. The Kier molecular flexibility index (Phi) is 6.19. The molecular formula is C22H23NO6. The van der Waals surface area contributed by atoms with E-state index in [1.54, 1.807) is 36.4 Å². The summed E-state index contributed by atoms with van der Waals surface area (Å²) < 4.78 is 10.5. The molecule has 2 N–H and O–H groups in total. The van der Waals surface area contributed by atoms with Crippen LogP contribution in [-0.4, -0.2) is 53.7 Å². The van der Waals surface area contributed by atoms with Crippen LogP contribution < -0.4 is 4.74 Å². The van der Waals surface area contributed by atoms with Crippen molar-refractivity contribution in [3.8, 4) is 11.5 Å². The highest BCUT2D eigenvalue weighted by Gasteiger charge is 2.45. The van der Waals surface area contributed by atoms with Gasteiger partial charge in [-0.05, 0) is 48.9 Å². The summed E-state index contributed by atoms with van der Waals surface area (Å²) >= 11 is 0. The minimum Gasteiger partial charge on any atom is -0.508 e.